The van der Waals surface area contributed by atoms with Crippen molar-refractivity contribution in [3.05, 3.63) is 107 Å². The molecule has 0 bridgehead atoms. The highest BCUT2D eigenvalue weighted by Gasteiger charge is 2.11. The van der Waals surface area contributed by atoms with E-state index in [4.69, 9.17) is 18.9 Å². The van der Waals surface area contributed by atoms with Gasteiger partial charge in [-0.25, -0.2) is 0 Å². The number of hydrogen-bond donors (Lipinski definition) is 1. The van der Waals surface area contributed by atoms with Crippen LogP contribution in [-0.2, 0) is 11.2 Å². The van der Waals surface area contributed by atoms with Gasteiger partial charge in [0.25, 0.3) is 0 Å². The zero-order chi connectivity index (χ0) is 25.9. The van der Waals surface area contributed by atoms with E-state index in [0.717, 1.165) is 22.3 Å². The molecule has 0 saturated carbocycles. The van der Waals surface area contributed by atoms with Gasteiger partial charge in [0.2, 0.25) is 0 Å². The van der Waals surface area contributed by atoms with E-state index >= 15 is 0 Å². The third-order valence-corrected chi connectivity index (χ3v) is 5.45. The largest absolute Gasteiger partial charge is 0.508 e. The second-order valence-electron chi connectivity index (χ2n) is 7.82. The van der Waals surface area contributed by atoms with E-state index in [2.05, 4.69) is 0 Å². The van der Waals surface area contributed by atoms with Gasteiger partial charge >= 0.3 is 0 Å². The molecule has 3 rings (SSSR count). The maximum Gasteiger partial charge on any atom is 0.182 e. The summed E-state index contributed by atoms with van der Waals surface area (Å²) in [5.41, 5.74) is 3.43. The summed E-state index contributed by atoms with van der Waals surface area (Å²) < 4.78 is 21.3. The van der Waals surface area contributed by atoms with Gasteiger partial charge in [-0.05, 0) is 65.1 Å². The molecule has 0 saturated heterocycles. The van der Waals surface area contributed by atoms with Gasteiger partial charge in [-0.3, -0.25) is 4.79 Å². The summed E-state index contributed by atoms with van der Waals surface area (Å²) in [6.07, 6.45) is 6.38. The molecule has 36 heavy (non-hydrogen) atoms. The summed E-state index contributed by atoms with van der Waals surface area (Å²) in [6, 6.07) is 20.7. The predicted octanol–water partition coefficient (Wildman–Crippen LogP) is 6.07. The Balaban J connectivity index is 1.88. The molecule has 3 aromatic rings. The monoisotopic (exact) mass is 486 g/mol. The number of rotatable bonds is 11. The predicted molar refractivity (Wildman–Crippen MR) is 142 cm³/mol. The fourth-order valence-corrected chi connectivity index (χ4v) is 3.63. The quantitative estimate of drug-likeness (QED) is 0.201. The first-order chi connectivity index (χ1) is 17.5. The summed E-state index contributed by atoms with van der Waals surface area (Å²) in [5.74, 6) is 1.84. The van der Waals surface area contributed by atoms with Crippen molar-refractivity contribution in [3.8, 4) is 23.0 Å². The van der Waals surface area contributed by atoms with Gasteiger partial charge in [-0.1, -0.05) is 48.5 Å². The Bertz CT molecular complexity index is 1270. The Labute approximate surface area is 211 Å². The molecule has 3 aromatic carbocycles. The molecule has 0 heterocycles. The van der Waals surface area contributed by atoms with Crippen LogP contribution in [0.3, 0.4) is 0 Å². The maximum atomic E-state index is 12.9. The van der Waals surface area contributed by atoms with Crippen molar-refractivity contribution in [1.82, 2.24) is 0 Å². The Morgan fingerprint density at radius 1 is 0.750 bits per heavy atom. The lowest BCUT2D eigenvalue weighted by molar-refractivity contribution is -0.110. The van der Waals surface area contributed by atoms with Crippen LogP contribution in [0.25, 0.3) is 11.6 Å². The van der Waals surface area contributed by atoms with Crippen LogP contribution < -0.4 is 18.9 Å². The Hall–Kier alpha value is -4.45. The summed E-state index contributed by atoms with van der Waals surface area (Å²) in [5, 5.41) is 10.4. The number of aliphatic hydroxyl groups excluding tert-OH is 1. The smallest absolute Gasteiger partial charge is 0.182 e. The van der Waals surface area contributed by atoms with Crippen molar-refractivity contribution in [3.63, 3.8) is 0 Å². The van der Waals surface area contributed by atoms with Crippen molar-refractivity contribution in [2.75, 3.05) is 28.4 Å². The number of aliphatic hydroxyl groups is 1. The summed E-state index contributed by atoms with van der Waals surface area (Å²) >= 11 is 0. The van der Waals surface area contributed by atoms with Crippen LogP contribution >= 0.6 is 0 Å². The fraction of sp³-hybridized carbons (Fsp3) is 0.167. The highest BCUT2D eigenvalue weighted by atomic mass is 16.5. The Kier molecular flexibility index (Phi) is 9.34. The average Bonchev–Trinajstić information content (AvgIpc) is 2.91. The number of benzene rings is 3. The van der Waals surface area contributed by atoms with Crippen LogP contribution in [0.4, 0.5) is 0 Å². The first-order valence-electron chi connectivity index (χ1n) is 11.3. The second-order valence-corrected chi connectivity index (χ2v) is 7.82. The molecule has 0 unspecified atom stereocenters. The molecule has 1 N–H and O–H groups in total. The summed E-state index contributed by atoms with van der Waals surface area (Å²) in [6.45, 7) is 0. The number of carbonyl (C=O) groups excluding carboxylic acids is 1. The van der Waals surface area contributed by atoms with Crippen molar-refractivity contribution in [2.45, 2.75) is 6.42 Å². The van der Waals surface area contributed by atoms with Crippen molar-refractivity contribution in [2.24, 2.45) is 0 Å². The molecular formula is C30H30O6. The third-order valence-electron chi connectivity index (χ3n) is 5.45. The topological polar surface area (TPSA) is 74.2 Å². The highest BCUT2D eigenvalue weighted by molar-refractivity contribution is 6.05. The fourth-order valence-electron chi connectivity index (χ4n) is 3.63. The van der Waals surface area contributed by atoms with E-state index in [9.17, 15) is 9.90 Å². The number of ether oxygens (including phenoxy) is 4. The molecule has 6 nitrogen and oxygen atoms in total. The van der Waals surface area contributed by atoms with Crippen LogP contribution in [0.5, 0.6) is 23.0 Å². The van der Waals surface area contributed by atoms with Gasteiger partial charge in [-0.2, -0.15) is 0 Å². The minimum absolute atomic E-state index is 0.169. The molecule has 0 spiro atoms. The van der Waals surface area contributed by atoms with Gasteiger partial charge in [0.1, 0.15) is 5.76 Å². The number of allylic oxidation sites excluding steroid dienone is 4. The molecule has 0 amide bonds. The zero-order valence-electron chi connectivity index (χ0n) is 20.9. The number of carbonyl (C=O) groups is 1. The Morgan fingerprint density at radius 2 is 1.36 bits per heavy atom. The van der Waals surface area contributed by atoms with Crippen LogP contribution in [-0.4, -0.2) is 39.3 Å². The van der Waals surface area contributed by atoms with E-state index < -0.39 is 0 Å². The van der Waals surface area contributed by atoms with E-state index in [1.54, 1.807) is 52.7 Å². The normalized spacial score (nSPS) is 11.9. The molecule has 0 radical (unpaired) electrons. The van der Waals surface area contributed by atoms with E-state index in [1.807, 2.05) is 48.5 Å². The number of hydrogen-bond acceptors (Lipinski definition) is 6. The standard InChI is InChI=1S/C30H30O6/c1-33-27-14-11-22(17-29(27)35-3)10-13-25(31)20-26(32)18-24(16-21-8-6-5-7-9-21)23-12-15-28(34-2)30(19-23)36-4/h5-15,17-20,31H,16H2,1-4H3. The summed E-state index contributed by atoms with van der Waals surface area (Å²) in [7, 11) is 6.26. The molecule has 0 aliphatic heterocycles. The highest BCUT2D eigenvalue weighted by Crippen LogP contribution is 2.32. The van der Waals surface area contributed by atoms with Crippen LogP contribution in [0.2, 0.25) is 0 Å². The molecule has 0 aliphatic rings. The van der Waals surface area contributed by atoms with Crippen molar-refractivity contribution < 1.29 is 28.8 Å². The average molecular weight is 487 g/mol. The molecule has 0 aliphatic carbocycles. The molecule has 0 fully saturated rings. The van der Waals surface area contributed by atoms with Crippen LogP contribution in [0, 0.1) is 0 Å². The molecule has 0 atom stereocenters. The van der Waals surface area contributed by atoms with Crippen molar-refractivity contribution >= 4 is 17.4 Å². The van der Waals surface area contributed by atoms with Gasteiger partial charge < -0.3 is 24.1 Å². The first kappa shape index (κ1) is 26.2. The SMILES string of the molecule is COc1ccc(C=CC(O)=CC(=O)C=C(Cc2ccccc2)c2ccc(OC)c(OC)c2)cc1OC. The second kappa shape index (κ2) is 12.9. The van der Waals surface area contributed by atoms with E-state index in [1.165, 1.54) is 18.2 Å². The Morgan fingerprint density at radius 3 is 2.00 bits per heavy atom. The maximum absolute atomic E-state index is 12.9. The first-order valence-corrected chi connectivity index (χ1v) is 11.3. The van der Waals surface area contributed by atoms with E-state index in [0.29, 0.717) is 29.4 Å². The third kappa shape index (κ3) is 7.03. The minimum Gasteiger partial charge on any atom is -0.508 e. The summed E-state index contributed by atoms with van der Waals surface area (Å²) in [4.78, 5) is 12.9. The number of ketones is 1. The molecule has 186 valence electrons. The number of methoxy groups -OCH3 is 4. The van der Waals surface area contributed by atoms with Gasteiger partial charge in [0, 0.05) is 6.08 Å². The molecule has 6 heteroatoms. The lowest BCUT2D eigenvalue weighted by atomic mass is 9.96. The molecule has 0 aromatic heterocycles. The lowest BCUT2D eigenvalue weighted by Gasteiger charge is -2.12. The van der Waals surface area contributed by atoms with Crippen molar-refractivity contribution in [1.29, 1.82) is 0 Å². The van der Waals surface area contributed by atoms with Gasteiger partial charge in [0.15, 0.2) is 28.8 Å². The van der Waals surface area contributed by atoms with Crippen LogP contribution in [0.1, 0.15) is 16.7 Å². The lowest BCUT2D eigenvalue weighted by Crippen LogP contribution is -1.98. The van der Waals surface area contributed by atoms with E-state index in [-0.39, 0.29) is 11.5 Å². The zero-order valence-corrected chi connectivity index (χ0v) is 20.9. The van der Waals surface area contributed by atoms with Gasteiger partial charge in [-0.15, -0.1) is 0 Å². The molecular weight excluding hydrogens is 456 g/mol. The minimum atomic E-state index is -0.342. The van der Waals surface area contributed by atoms with Crippen LogP contribution in [0.15, 0.2) is 90.7 Å². The van der Waals surface area contributed by atoms with Gasteiger partial charge in [0.05, 0.1) is 28.4 Å².